The highest BCUT2D eigenvalue weighted by atomic mass is 16.1. The van der Waals surface area contributed by atoms with Gasteiger partial charge in [0.1, 0.15) is 11.9 Å². The van der Waals surface area contributed by atoms with Crippen LogP contribution in [-0.4, -0.2) is 40.1 Å². The zero-order chi connectivity index (χ0) is 18.4. The Kier molecular flexibility index (Phi) is 5.88. The molecule has 0 saturated heterocycles. The molecule has 1 aliphatic rings. The number of rotatable bonds is 9. The zero-order valence-corrected chi connectivity index (χ0v) is 13.9. The Hall–Kier alpha value is -3.17. The molecule has 1 fully saturated rings. The maximum atomic E-state index is 11.6. The molecule has 0 spiro atoms. The number of anilines is 2. The first-order valence-corrected chi connectivity index (χ1v) is 7.89. The van der Waals surface area contributed by atoms with Crippen LogP contribution >= 0.6 is 0 Å². The normalized spacial score (nSPS) is 15.8. The van der Waals surface area contributed by atoms with Crippen LogP contribution in [0.5, 0.6) is 0 Å². The van der Waals surface area contributed by atoms with E-state index < -0.39 is 17.9 Å². The van der Waals surface area contributed by atoms with Crippen LogP contribution in [0.4, 0.5) is 11.6 Å². The molecule has 1 atom stereocenters. The number of hydrogen-bond donors (Lipinski definition) is 5. The Bertz CT molecular complexity index is 711. The van der Waals surface area contributed by atoms with Crippen LogP contribution < -0.4 is 27.8 Å². The van der Waals surface area contributed by atoms with Gasteiger partial charge in [0, 0.05) is 12.4 Å². The van der Waals surface area contributed by atoms with Crippen LogP contribution in [0.3, 0.4) is 0 Å². The molecule has 10 heteroatoms. The van der Waals surface area contributed by atoms with Crippen LogP contribution in [-0.2, 0) is 4.79 Å². The van der Waals surface area contributed by atoms with Crippen molar-refractivity contribution in [1.29, 1.82) is 0 Å². The predicted molar refractivity (Wildman–Crippen MR) is 94.9 cm³/mol. The molecular formula is C15H22N8O2. The lowest BCUT2D eigenvalue weighted by Crippen LogP contribution is -2.35. The molecule has 0 unspecified atom stereocenters. The summed E-state index contributed by atoms with van der Waals surface area (Å²) in [5, 5.41) is 5.74. The Morgan fingerprint density at radius 1 is 1.44 bits per heavy atom. The van der Waals surface area contributed by atoms with Gasteiger partial charge in [0.25, 0.3) is 5.91 Å². The van der Waals surface area contributed by atoms with Crippen LogP contribution in [0, 0.1) is 0 Å². The van der Waals surface area contributed by atoms with Crippen molar-refractivity contribution >= 4 is 29.7 Å². The van der Waals surface area contributed by atoms with E-state index in [-0.39, 0.29) is 17.3 Å². The molecule has 1 aliphatic carbocycles. The molecule has 10 nitrogen and oxygen atoms in total. The molecule has 1 aromatic rings. The third-order valence-corrected chi connectivity index (χ3v) is 3.49. The van der Waals surface area contributed by atoms with Crippen molar-refractivity contribution in [2.75, 3.05) is 10.6 Å². The third-order valence-electron chi connectivity index (χ3n) is 3.49. The number of primary amides is 2. The summed E-state index contributed by atoms with van der Waals surface area (Å²) in [6, 6.07) is -0.296. The SMILES string of the molecule is CC[C@@H](Nc1cnc(C(N)=O)c(NC(C=NC2CC2)=CN)n1)C(N)=O. The summed E-state index contributed by atoms with van der Waals surface area (Å²) in [7, 11) is 0. The Morgan fingerprint density at radius 2 is 2.16 bits per heavy atom. The molecule has 1 saturated carbocycles. The van der Waals surface area contributed by atoms with Crippen molar-refractivity contribution in [1.82, 2.24) is 9.97 Å². The first-order valence-electron chi connectivity index (χ1n) is 7.89. The second-order valence-electron chi connectivity index (χ2n) is 5.58. The topological polar surface area (TPSA) is 174 Å². The average Bonchev–Trinajstić information content (AvgIpc) is 3.40. The highest BCUT2D eigenvalue weighted by Crippen LogP contribution is 2.23. The lowest BCUT2D eigenvalue weighted by Gasteiger charge is -2.15. The third kappa shape index (κ3) is 5.16. The summed E-state index contributed by atoms with van der Waals surface area (Å²) >= 11 is 0. The molecule has 0 radical (unpaired) electrons. The second-order valence-corrected chi connectivity index (χ2v) is 5.58. The summed E-state index contributed by atoms with van der Waals surface area (Å²) in [4.78, 5) is 35.5. The van der Waals surface area contributed by atoms with Gasteiger partial charge in [-0.05, 0) is 19.3 Å². The molecule has 2 amide bonds. The molecule has 134 valence electrons. The van der Waals surface area contributed by atoms with Crippen LogP contribution in [0.1, 0.15) is 36.7 Å². The summed E-state index contributed by atoms with van der Waals surface area (Å²) in [6.07, 6.45) is 6.75. The lowest BCUT2D eigenvalue weighted by atomic mass is 10.2. The number of hydrogen-bond acceptors (Lipinski definition) is 8. The van der Waals surface area contributed by atoms with Gasteiger partial charge >= 0.3 is 0 Å². The molecule has 0 bridgehead atoms. The van der Waals surface area contributed by atoms with Crippen molar-refractivity contribution in [3.63, 3.8) is 0 Å². The number of carbonyl (C=O) groups is 2. The number of nitrogens with zero attached hydrogens (tertiary/aromatic N) is 3. The van der Waals surface area contributed by atoms with Gasteiger partial charge in [-0.3, -0.25) is 14.6 Å². The number of carbonyl (C=O) groups excluding carboxylic acids is 2. The standard InChI is InChI=1S/C15H22N8O2/c1-2-10(13(17)24)22-11-7-20-12(14(18)25)15(23-11)21-9(5-16)6-19-8-3-4-8/h5-8,10H,2-4,16H2,1H3,(H2,17,24)(H2,18,25)(H2,21,22,23)/t10-/m1/s1. The number of aliphatic imine (C=N–C) groups is 1. The summed E-state index contributed by atoms with van der Waals surface area (Å²) in [6.45, 7) is 1.80. The molecular weight excluding hydrogens is 324 g/mol. The molecule has 8 N–H and O–H groups in total. The highest BCUT2D eigenvalue weighted by Gasteiger charge is 2.20. The molecule has 1 aromatic heterocycles. The second kappa shape index (κ2) is 8.08. The molecule has 2 rings (SSSR count). The van der Waals surface area contributed by atoms with Crippen LogP contribution in [0.15, 0.2) is 23.1 Å². The first kappa shape index (κ1) is 18.2. The number of allylic oxidation sites excluding steroid dienone is 1. The van der Waals surface area contributed by atoms with Crippen molar-refractivity contribution < 1.29 is 9.59 Å². The van der Waals surface area contributed by atoms with E-state index in [1.165, 1.54) is 12.4 Å². The van der Waals surface area contributed by atoms with E-state index in [4.69, 9.17) is 17.2 Å². The van der Waals surface area contributed by atoms with Crippen LogP contribution in [0.25, 0.3) is 0 Å². The fourth-order valence-electron chi connectivity index (χ4n) is 1.94. The fraction of sp³-hybridized carbons (Fsp3) is 0.400. The smallest absolute Gasteiger partial charge is 0.271 e. The molecule has 25 heavy (non-hydrogen) atoms. The minimum atomic E-state index is -0.751. The van der Waals surface area contributed by atoms with Gasteiger partial charge in [0.2, 0.25) is 5.91 Å². The highest BCUT2D eigenvalue weighted by molar-refractivity contribution is 5.97. The molecule has 1 heterocycles. The molecule has 0 aliphatic heterocycles. The number of amides is 2. The Morgan fingerprint density at radius 3 is 2.68 bits per heavy atom. The van der Waals surface area contributed by atoms with Gasteiger partial charge in [-0.15, -0.1) is 0 Å². The van der Waals surface area contributed by atoms with Gasteiger partial charge in [-0.1, -0.05) is 6.92 Å². The van der Waals surface area contributed by atoms with Gasteiger partial charge in [0.15, 0.2) is 11.5 Å². The van der Waals surface area contributed by atoms with Crippen molar-refractivity contribution in [2.45, 2.75) is 38.3 Å². The average molecular weight is 346 g/mol. The number of nitrogens with one attached hydrogen (secondary N) is 2. The van der Waals surface area contributed by atoms with E-state index in [0.29, 0.717) is 18.2 Å². The van der Waals surface area contributed by atoms with Gasteiger partial charge in [-0.2, -0.15) is 0 Å². The number of aromatic nitrogens is 2. The van der Waals surface area contributed by atoms with Gasteiger partial charge < -0.3 is 27.8 Å². The van der Waals surface area contributed by atoms with Crippen LogP contribution in [0.2, 0.25) is 0 Å². The van der Waals surface area contributed by atoms with E-state index in [0.717, 1.165) is 12.8 Å². The van der Waals surface area contributed by atoms with E-state index in [2.05, 4.69) is 25.6 Å². The quantitative estimate of drug-likeness (QED) is 0.381. The van der Waals surface area contributed by atoms with Gasteiger partial charge in [-0.25, -0.2) is 9.97 Å². The lowest BCUT2D eigenvalue weighted by molar-refractivity contribution is -0.118. The zero-order valence-electron chi connectivity index (χ0n) is 13.9. The van der Waals surface area contributed by atoms with Crippen molar-refractivity contribution in [3.8, 4) is 0 Å². The van der Waals surface area contributed by atoms with E-state index in [9.17, 15) is 9.59 Å². The first-order chi connectivity index (χ1) is 11.9. The number of nitrogens with two attached hydrogens (primary N) is 3. The largest absolute Gasteiger partial charge is 0.403 e. The maximum absolute atomic E-state index is 11.6. The predicted octanol–water partition coefficient (Wildman–Crippen LogP) is -0.303. The Labute approximate surface area is 145 Å². The maximum Gasteiger partial charge on any atom is 0.271 e. The summed E-state index contributed by atoms with van der Waals surface area (Å²) < 4.78 is 0. The van der Waals surface area contributed by atoms with Gasteiger partial charge in [0.05, 0.1) is 17.9 Å². The monoisotopic (exact) mass is 346 g/mol. The molecule has 0 aromatic carbocycles. The summed E-state index contributed by atoms with van der Waals surface area (Å²) in [5.41, 5.74) is 16.6. The minimum Gasteiger partial charge on any atom is -0.403 e. The Balaban J connectivity index is 2.24. The van der Waals surface area contributed by atoms with E-state index >= 15 is 0 Å². The summed E-state index contributed by atoms with van der Waals surface area (Å²) in [5.74, 6) is -0.889. The van der Waals surface area contributed by atoms with Crippen molar-refractivity contribution in [2.24, 2.45) is 22.2 Å². The van der Waals surface area contributed by atoms with E-state index in [1.54, 1.807) is 13.1 Å². The van der Waals surface area contributed by atoms with Crippen molar-refractivity contribution in [3.05, 3.63) is 23.8 Å². The van der Waals surface area contributed by atoms with E-state index in [1.807, 2.05) is 0 Å². The minimum absolute atomic E-state index is 0.0585. The fourth-order valence-corrected chi connectivity index (χ4v) is 1.94.